The zero-order chi connectivity index (χ0) is 16.7. The Labute approximate surface area is 136 Å². The number of phenolic OH excluding ortho intramolecular Hbond substituents is 1. The lowest BCUT2D eigenvalue weighted by Gasteiger charge is -2.28. The Balaban J connectivity index is 2.46. The molecule has 0 aliphatic heterocycles. The predicted octanol–water partition coefficient (Wildman–Crippen LogP) is 4.77. The first-order valence-corrected chi connectivity index (χ1v) is 9.20. The third-order valence-electron chi connectivity index (χ3n) is 3.24. The van der Waals surface area contributed by atoms with E-state index in [1.165, 1.54) is 0 Å². The monoisotopic (exact) mass is 335 g/mol. The van der Waals surface area contributed by atoms with Crippen molar-refractivity contribution < 1.29 is 18.7 Å². The van der Waals surface area contributed by atoms with E-state index in [1.54, 1.807) is 38.1 Å². The molecule has 0 amide bonds. The van der Waals surface area contributed by atoms with Gasteiger partial charge in [-0.25, -0.2) is 0 Å². The quantitative estimate of drug-likeness (QED) is 0.680. The van der Waals surface area contributed by atoms with Crippen molar-refractivity contribution in [2.45, 2.75) is 19.6 Å². The van der Waals surface area contributed by atoms with Crippen molar-refractivity contribution in [3.63, 3.8) is 0 Å². The number of nitrogens with one attached hydrogen (secondary N) is 1. The molecule has 1 unspecified atom stereocenters. The number of aromatic hydroxyl groups is 1. The lowest BCUT2D eigenvalue weighted by molar-refractivity contribution is 0.213. The molecule has 0 fully saturated rings. The fraction of sp³-hybridized carbons (Fsp3) is 0.294. The van der Waals surface area contributed by atoms with Crippen molar-refractivity contribution >= 4 is 13.3 Å². The van der Waals surface area contributed by atoms with Crippen molar-refractivity contribution in [3.05, 3.63) is 60.2 Å². The van der Waals surface area contributed by atoms with Crippen molar-refractivity contribution in [2.24, 2.45) is 0 Å². The molecule has 0 radical (unpaired) electrons. The fourth-order valence-corrected chi connectivity index (χ4v) is 4.24. The van der Waals surface area contributed by atoms with Gasteiger partial charge in [0.1, 0.15) is 5.75 Å². The molecule has 2 aromatic carbocycles. The Kier molecular flexibility index (Phi) is 6.22. The van der Waals surface area contributed by atoms with Crippen LogP contribution in [0.1, 0.15) is 25.2 Å². The highest BCUT2D eigenvalue weighted by molar-refractivity contribution is 7.54. The number of phenols is 1. The van der Waals surface area contributed by atoms with Crippen LogP contribution in [-0.2, 0) is 13.6 Å². The van der Waals surface area contributed by atoms with E-state index in [-0.39, 0.29) is 19.0 Å². The summed E-state index contributed by atoms with van der Waals surface area (Å²) < 4.78 is 24.2. The molecule has 23 heavy (non-hydrogen) atoms. The maximum Gasteiger partial charge on any atom is 0.357 e. The van der Waals surface area contributed by atoms with Crippen LogP contribution in [0.5, 0.6) is 5.75 Å². The second-order valence-corrected chi connectivity index (χ2v) is 6.96. The molecule has 2 N–H and O–H groups in total. The summed E-state index contributed by atoms with van der Waals surface area (Å²) in [5.74, 6) is -0.758. The van der Waals surface area contributed by atoms with Crippen LogP contribution in [-0.4, -0.2) is 18.3 Å². The van der Waals surface area contributed by atoms with Gasteiger partial charge in [-0.05, 0) is 32.0 Å². The van der Waals surface area contributed by atoms with E-state index in [2.05, 4.69) is 5.32 Å². The first-order chi connectivity index (χ1) is 11.1. The summed E-state index contributed by atoms with van der Waals surface area (Å²) in [6.45, 7) is 4.02. The van der Waals surface area contributed by atoms with Crippen LogP contribution in [0.25, 0.3) is 0 Å². The predicted molar refractivity (Wildman–Crippen MR) is 91.8 cm³/mol. The average molecular weight is 335 g/mol. The molecule has 2 rings (SSSR count). The highest BCUT2D eigenvalue weighted by Gasteiger charge is 2.38. The highest BCUT2D eigenvalue weighted by Crippen LogP contribution is 2.61. The topological polar surface area (TPSA) is 67.8 Å². The Hall–Kier alpha value is -1.81. The van der Waals surface area contributed by atoms with Gasteiger partial charge < -0.3 is 19.5 Å². The zero-order valence-electron chi connectivity index (χ0n) is 13.3. The largest absolute Gasteiger partial charge is 0.508 e. The van der Waals surface area contributed by atoms with E-state index < -0.39 is 13.4 Å². The number of benzene rings is 2. The Morgan fingerprint density at radius 2 is 1.57 bits per heavy atom. The van der Waals surface area contributed by atoms with E-state index in [9.17, 15) is 9.67 Å². The Morgan fingerprint density at radius 3 is 2.13 bits per heavy atom. The summed E-state index contributed by atoms with van der Waals surface area (Å²) >= 11 is 0. The molecule has 5 nitrogen and oxygen atoms in total. The lowest BCUT2D eigenvalue weighted by Crippen LogP contribution is -2.15. The SMILES string of the molecule is CCOP(=O)(OCC)C(Nc1ccccc1)c1ccccc1O. The van der Waals surface area contributed by atoms with Gasteiger partial charge in [0, 0.05) is 11.3 Å². The Morgan fingerprint density at radius 1 is 1.00 bits per heavy atom. The molecule has 2 aromatic rings. The van der Waals surface area contributed by atoms with E-state index in [1.807, 2.05) is 30.3 Å². The smallest absolute Gasteiger partial charge is 0.357 e. The number of para-hydroxylation sites is 2. The van der Waals surface area contributed by atoms with Gasteiger partial charge in [-0.15, -0.1) is 0 Å². The molecule has 0 saturated heterocycles. The maximum atomic E-state index is 13.3. The van der Waals surface area contributed by atoms with E-state index in [0.717, 1.165) is 5.69 Å². The second-order valence-electron chi connectivity index (χ2n) is 4.85. The van der Waals surface area contributed by atoms with Gasteiger partial charge in [0.05, 0.1) is 13.2 Å². The molecular weight excluding hydrogens is 313 g/mol. The van der Waals surface area contributed by atoms with E-state index in [4.69, 9.17) is 9.05 Å². The summed E-state index contributed by atoms with van der Waals surface area (Å²) in [4.78, 5) is 0. The number of anilines is 1. The molecule has 124 valence electrons. The molecule has 0 heterocycles. The summed E-state index contributed by atoms with van der Waals surface area (Å²) in [7, 11) is -3.51. The van der Waals surface area contributed by atoms with Gasteiger partial charge in [-0.1, -0.05) is 36.4 Å². The molecule has 1 atom stereocenters. The van der Waals surface area contributed by atoms with E-state index >= 15 is 0 Å². The molecule has 6 heteroatoms. The summed E-state index contributed by atoms with van der Waals surface area (Å²) in [5, 5.41) is 13.4. The van der Waals surface area contributed by atoms with Crippen LogP contribution in [0.15, 0.2) is 54.6 Å². The molecule has 0 aromatic heterocycles. The fourth-order valence-electron chi connectivity index (χ4n) is 2.28. The van der Waals surface area contributed by atoms with Gasteiger partial charge in [-0.2, -0.15) is 0 Å². The lowest BCUT2D eigenvalue weighted by atomic mass is 10.2. The molecular formula is C17H22NO4P. The summed E-state index contributed by atoms with van der Waals surface area (Å²) in [6.07, 6.45) is 0. The zero-order valence-corrected chi connectivity index (χ0v) is 14.2. The van der Waals surface area contributed by atoms with Crippen LogP contribution in [0.2, 0.25) is 0 Å². The first-order valence-electron chi connectivity index (χ1n) is 7.59. The standard InChI is InChI=1S/C17H22NO4P/c1-3-21-23(20,22-4-2)17(15-12-8-9-13-16(15)19)18-14-10-6-5-7-11-14/h5-13,17-19H,3-4H2,1-2H3. The second kappa shape index (κ2) is 8.16. The molecule has 0 aliphatic carbocycles. The first kappa shape index (κ1) is 17.5. The van der Waals surface area contributed by atoms with Crippen LogP contribution < -0.4 is 5.32 Å². The van der Waals surface area contributed by atoms with Gasteiger partial charge >= 0.3 is 7.60 Å². The van der Waals surface area contributed by atoms with Crippen molar-refractivity contribution in [1.82, 2.24) is 0 Å². The van der Waals surface area contributed by atoms with Crippen LogP contribution in [0, 0.1) is 0 Å². The molecule has 0 saturated carbocycles. The molecule has 0 spiro atoms. The van der Waals surface area contributed by atoms with Crippen molar-refractivity contribution in [1.29, 1.82) is 0 Å². The van der Waals surface area contributed by atoms with Gasteiger partial charge in [-0.3, -0.25) is 4.57 Å². The average Bonchev–Trinajstić information content (AvgIpc) is 2.55. The molecule has 0 aliphatic rings. The van der Waals surface area contributed by atoms with Crippen molar-refractivity contribution in [2.75, 3.05) is 18.5 Å². The number of rotatable bonds is 8. The van der Waals surface area contributed by atoms with Crippen LogP contribution in [0.3, 0.4) is 0 Å². The van der Waals surface area contributed by atoms with Gasteiger partial charge in [0.15, 0.2) is 5.78 Å². The van der Waals surface area contributed by atoms with Crippen LogP contribution >= 0.6 is 7.60 Å². The highest BCUT2D eigenvalue weighted by atomic mass is 31.2. The minimum atomic E-state index is -3.51. The van der Waals surface area contributed by atoms with Crippen molar-refractivity contribution in [3.8, 4) is 5.75 Å². The number of hydrogen-bond donors (Lipinski definition) is 2. The maximum absolute atomic E-state index is 13.3. The normalized spacial score (nSPS) is 12.8. The van der Waals surface area contributed by atoms with Crippen LogP contribution in [0.4, 0.5) is 5.69 Å². The number of hydrogen-bond acceptors (Lipinski definition) is 5. The molecule has 0 bridgehead atoms. The minimum absolute atomic E-state index is 0.0422. The third kappa shape index (κ3) is 4.35. The summed E-state index contributed by atoms with van der Waals surface area (Å²) in [6, 6.07) is 16.1. The van der Waals surface area contributed by atoms with Gasteiger partial charge in [0.25, 0.3) is 0 Å². The van der Waals surface area contributed by atoms with E-state index in [0.29, 0.717) is 5.56 Å². The summed E-state index contributed by atoms with van der Waals surface area (Å²) in [5.41, 5.74) is 1.24. The van der Waals surface area contributed by atoms with Gasteiger partial charge in [0.2, 0.25) is 0 Å². The minimum Gasteiger partial charge on any atom is -0.508 e. The third-order valence-corrected chi connectivity index (χ3v) is 5.52. The Bertz CT molecular complexity index is 653.